The van der Waals surface area contributed by atoms with Gasteiger partial charge in [-0.15, -0.1) is 0 Å². The molecule has 0 radical (unpaired) electrons. The second-order valence-electron chi connectivity index (χ2n) is 4.36. The summed E-state index contributed by atoms with van der Waals surface area (Å²) < 4.78 is 15.4. The summed E-state index contributed by atoms with van der Waals surface area (Å²) in [5, 5.41) is 0. The Morgan fingerprint density at radius 3 is 2.78 bits per heavy atom. The highest BCUT2D eigenvalue weighted by Crippen LogP contribution is 2.24. The van der Waals surface area contributed by atoms with Crippen LogP contribution < -0.4 is 0 Å². The van der Waals surface area contributed by atoms with Gasteiger partial charge in [-0.1, -0.05) is 0 Å². The SMILES string of the molecule is Cc1cc(F)cc(-c2nc3ncccc3n2C)c1. The van der Waals surface area contributed by atoms with Crippen molar-refractivity contribution in [1.29, 1.82) is 0 Å². The molecule has 0 bridgehead atoms. The number of hydrogen-bond donors (Lipinski definition) is 0. The van der Waals surface area contributed by atoms with Crippen LogP contribution in [0.25, 0.3) is 22.6 Å². The number of imidazole rings is 1. The zero-order valence-corrected chi connectivity index (χ0v) is 10.2. The lowest BCUT2D eigenvalue weighted by Gasteiger charge is -2.03. The van der Waals surface area contributed by atoms with Gasteiger partial charge in [0.1, 0.15) is 11.6 Å². The van der Waals surface area contributed by atoms with Crippen LogP contribution in [-0.2, 0) is 7.05 Å². The highest BCUT2D eigenvalue weighted by molar-refractivity contribution is 5.77. The van der Waals surface area contributed by atoms with Crippen molar-refractivity contribution in [2.75, 3.05) is 0 Å². The average molecular weight is 241 g/mol. The lowest BCUT2D eigenvalue weighted by molar-refractivity contribution is 0.627. The Morgan fingerprint density at radius 1 is 1.22 bits per heavy atom. The van der Waals surface area contributed by atoms with Crippen LogP contribution >= 0.6 is 0 Å². The van der Waals surface area contributed by atoms with Gasteiger partial charge in [0.2, 0.25) is 0 Å². The van der Waals surface area contributed by atoms with Crippen LogP contribution in [0.1, 0.15) is 5.56 Å². The maximum absolute atomic E-state index is 13.4. The molecular formula is C14H12FN3. The molecule has 0 N–H and O–H groups in total. The van der Waals surface area contributed by atoms with Crippen molar-refractivity contribution in [3.63, 3.8) is 0 Å². The van der Waals surface area contributed by atoms with Crippen molar-refractivity contribution < 1.29 is 4.39 Å². The number of pyridine rings is 1. The molecule has 1 aromatic carbocycles. The van der Waals surface area contributed by atoms with E-state index in [0.29, 0.717) is 5.65 Å². The minimum atomic E-state index is -0.245. The predicted molar refractivity (Wildman–Crippen MR) is 68.6 cm³/mol. The van der Waals surface area contributed by atoms with Crippen LogP contribution in [0, 0.1) is 12.7 Å². The summed E-state index contributed by atoms with van der Waals surface area (Å²) in [6.07, 6.45) is 1.70. The van der Waals surface area contributed by atoms with Gasteiger partial charge in [-0.05, 0) is 42.8 Å². The first-order chi connectivity index (χ1) is 8.65. The Bertz CT molecular complexity index is 711. The van der Waals surface area contributed by atoms with Gasteiger partial charge in [0.15, 0.2) is 5.65 Å². The highest BCUT2D eigenvalue weighted by atomic mass is 19.1. The Kier molecular flexibility index (Phi) is 2.37. The summed E-state index contributed by atoms with van der Waals surface area (Å²) in [4.78, 5) is 8.66. The summed E-state index contributed by atoms with van der Waals surface area (Å²) in [6.45, 7) is 1.87. The zero-order valence-electron chi connectivity index (χ0n) is 10.2. The first kappa shape index (κ1) is 10.9. The Hall–Kier alpha value is -2.23. The zero-order chi connectivity index (χ0) is 12.7. The van der Waals surface area contributed by atoms with E-state index in [-0.39, 0.29) is 5.82 Å². The molecule has 3 rings (SSSR count). The van der Waals surface area contributed by atoms with E-state index in [0.717, 1.165) is 22.5 Å². The van der Waals surface area contributed by atoms with Gasteiger partial charge in [-0.2, -0.15) is 0 Å². The Morgan fingerprint density at radius 2 is 2.06 bits per heavy atom. The normalized spacial score (nSPS) is 11.1. The third kappa shape index (κ3) is 1.66. The number of aryl methyl sites for hydroxylation is 2. The molecule has 0 aliphatic rings. The molecule has 0 saturated carbocycles. The summed E-state index contributed by atoms with van der Waals surface area (Å²) in [5.41, 5.74) is 3.27. The van der Waals surface area contributed by atoms with Gasteiger partial charge in [-0.25, -0.2) is 14.4 Å². The quantitative estimate of drug-likeness (QED) is 0.655. The molecule has 0 amide bonds. The monoisotopic (exact) mass is 241 g/mol. The standard InChI is InChI=1S/C14H12FN3/c1-9-6-10(8-11(15)7-9)14-17-13-12(18(14)2)4-3-5-16-13/h3-8H,1-2H3. The van der Waals surface area contributed by atoms with Crippen LogP contribution in [0.15, 0.2) is 36.5 Å². The first-order valence-corrected chi connectivity index (χ1v) is 5.70. The molecule has 0 fully saturated rings. The van der Waals surface area contributed by atoms with Crippen molar-refractivity contribution in [2.24, 2.45) is 7.05 Å². The van der Waals surface area contributed by atoms with Gasteiger partial charge in [0.05, 0.1) is 5.52 Å². The van der Waals surface area contributed by atoms with Gasteiger partial charge in [0.25, 0.3) is 0 Å². The molecule has 0 atom stereocenters. The van der Waals surface area contributed by atoms with Gasteiger partial charge in [0, 0.05) is 18.8 Å². The molecule has 0 aliphatic carbocycles. The van der Waals surface area contributed by atoms with Crippen molar-refractivity contribution in [3.8, 4) is 11.4 Å². The molecule has 0 saturated heterocycles. The lowest BCUT2D eigenvalue weighted by atomic mass is 10.1. The Balaban J connectivity index is 2.28. The largest absolute Gasteiger partial charge is 0.326 e. The van der Waals surface area contributed by atoms with Gasteiger partial charge in [-0.3, -0.25) is 0 Å². The maximum Gasteiger partial charge on any atom is 0.178 e. The van der Waals surface area contributed by atoms with Crippen LogP contribution in [0.4, 0.5) is 4.39 Å². The molecule has 0 aliphatic heterocycles. The fourth-order valence-corrected chi connectivity index (χ4v) is 2.15. The number of nitrogens with zero attached hydrogens (tertiary/aromatic N) is 3. The van der Waals surface area contributed by atoms with E-state index in [1.54, 1.807) is 6.20 Å². The summed E-state index contributed by atoms with van der Waals surface area (Å²) >= 11 is 0. The van der Waals surface area contributed by atoms with E-state index in [9.17, 15) is 4.39 Å². The molecule has 3 nitrogen and oxygen atoms in total. The van der Waals surface area contributed by atoms with Gasteiger partial charge >= 0.3 is 0 Å². The third-order valence-electron chi connectivity index (χ3n) is 2.96. The summed E-state index contributed by atoms with van der Waals surface area (Å²) in [5.74, 6) is 0.483. The van der Waals surface area contributed by atoms with E-state index < -0.39 is 0 Å². The lowest BCUT2D eigenvalue weighted by Crippen LogP contribution is -1.93. The second kappa shape index (κ2) is 3.91. The van der Waals surface area contributed by atoms with Crippen LogP contribution in [0.5, 0.6) is 0 Å². The molecule has 18 heavy (non-hydrogen) atoms. The molecule has 3 aromatic rings. The molecule has 0 unspecified atom stereocenters. The van der Waals surface area contributed by atoms with E-state index in [4.69, 9.17) is 0 Å². The molecule has 90 valence electrons. The van der Waals surface area contributed by atoms with Crippen molar-refractivity contribution in [1.82, 2.24) is 14.5 Å². The smallest absolute Gasteiger partial charge is 0.178 e. The average Bonchev–Trinajstić information content (AvgIpc) is 2.66. The molecule has 0 spiro atoms. The number of aromatic nitrogens is 3. The van der Waals surface area contributed by atoms with Crippen LogP contribution in [0.3, 0.4) is 0 Å². The van der Waals surface area contributed by atoms with Crippen LogP contribution in [0.2, 0.25) is 0 Å². The van der Waals surface area contributed by atoms with E-state index in [2.05, 4.69) is 9.97 Å². The molecule has 2 aromatic heterocycles. The second-order valence-corrected chi connectivity index (χ2v) is 4.36. The molecule has 4 heteroatoms. The van der Waals surface area contributed by atoms with Crippen molar-refractivity contribution in [2.45, 2.75) is 6.92 Å². The minimum absolute atomic E-state index is 0.245. The number of hydrogen-bond acceptors (Lipinski definition) is 2. The van der Waals surface area contributed by atoms with Crippen LogP contribution in [-0.4, -0.2) is 14.5 Å². The van der Waals surface area contributed by atoms with Crippen molar-refractivity contribution >= 4 is 11.2 Å². The molecule has 2 heterocycles. The summed E-state index contributed by atoms with van der Waals surface area (Å²) in [7, 11) is 1.91. The number of halogens is 1. The Labute approximate surface area is 104 Å². The fraction of sp³-hybridized carbons (Fsp3) is 0.143. The maximum atomic E-state index is 13.4. The van der Waals surface area contributed by atoms with E-state index in [1.807, 2.05) is 36.7 Å². The topological polar surface area (TPSA) is 30.7 Å². The number of benzene rings is 1. The third-order valence-corrected chi connectivity index (χ3v) is 2.96. The van der Waals surface area contributed by atoms with Crippen molar-refractivity contribution in [3.05, 3.63) is 47.9 Å². The minimum Gasteiger partial charge on any atom is -0.326 e. The number of rotatable bonds is 1. The van der Waals surface area contributed by atoms with E-state index in [1.165, 1.54) is 12.1 Å². The van der Waals surface area contributed by atoms with Gasteiger partial charge < -0.3 is 4.57 Å². The first-order valence-electron chi connectivity index (χ1n) is 5.70. The van der Waals surface area contributed by atoms with E-state index >= 15 is 0 Å². The highest BCUT2D eigenvalue weighted by Gasteiger charge is 2.11. The predicted octanol–water partition coefficient (Wildman–Crippen LogP) is 3.08. The number of fused-ring (bicyclic) bond motifs is 1. The summed E-state index contributed by atoms with van der Waals surface area (Å²) in [6, 6.07) is 8.73. The fourth-order valence-electron chi connectivity index (χ4n) is 2.15. The molecular weight excluding hydrogens is 229 g/mol.